The Balaban J connectivity index is 2.03. The van der Waals surface area contributed by atoms with Crippen molar-refractivity contribution in [2.24, 2.45) is 0 Å². The maximum absolute atomic E-state index is 11.7. The molecule has 1 aromatic heterocycles. The quantitative estimate of drug-likeness (QED) is 0.870. The molecule has 5 heteroatoms. The standard InChI is InChI=1S/C10H11BrClNO2/c11-8-3-2-7(15-8)9(14)13-10(6-12)4-1-5-10/h2-3H,1,4-6H2,(H,13,14). The van der Waals surface area contributed by atoms with Crippen molar-refractivity contribution in [2.45, 2.75) is 24.8 Å². The maximum Gasteiger partial charge on any atom is 0.287 e. The highest BCUT2D eigenvalue weighted by Gasteiger charge is 2.38. The van der Waals surface area contributed by atoms with E-state index in [4.69, 9.17) is 16.0 Å². The number of hydrogen-bond donors (Lipinski definition) is 1. The van der Waals surface area contributed by atoms with Crippen LogP contribution in [0.5, 0.6) is 0 Å². The van der Waals surface area contributed by atoms with E-state index < -0.39 is 0 Å². The van der Waals surface area contributed by atoms with Crippen molar-refractivity contribution >= 4 is 33.4 Å². The van der Waals surface area contributed by atoms with Gasteiger partial charge in [0.15, 0.2) is 10.4 Å². The van der Waals surface area contributed by atoms with Gasteiger partial charge in [-0.25, -0.2) is 0 Å². The van der Waals surface area contributed by atoms with E-state index in [-0.39, 0.29) is 11.4 Å². The van der Waals surface area contributed by atoms with E-state index in [1.807, 2.05) is 0 Å². The van der Waals surface area contributed by atoms with Gasteiger partial charge >= 0.3 is 0 Å². The lowest BCUT2D eigenvalue weighted by molar-refractivity contribution is 0.0824. The first-order valence-electron chi connectivity index (χ1n) is 4.79. The van der Waals surface area contributed by atoms with Gasteiger partial charge in [0.05, 0.1) is 5.54 Å². The lowest BCUT2D eigenvalue weighted by Crippen LogP contribution is -2.54. The monoisotopic (exact) mass is 291 g/mol. The summed E-state index contributed by atoms with van der Waals surface area (Å²) >= 11 is 9.00. The summed E-state index contributed by atoms with van der Waals surface area (Å²) in [7, 11) is 0. The van der Waals surface area contributed by atoms with Crippen molar-refractivity contribution in [3.63, 3.8) is 0 Å². The fourth-order valence-corrected chi connectivity index (χ4v) is 2.27. The lowest BCUT2D eigenvalue weighted by atomic mass is 9.78. The molecule has 0 spiro atoms. The summed E-state index contributed by atoms with van der Waals surface area (Å²) in [6.07, 6.45) is 3.02. The molecule has 1 fully saturated rings. The zero-order chi connectivity index (χ0) is 10.9. The molecule has 1 heterocycles. The zero-order valence-corrected chi connectivity index (χ0v) is 10.4. The van der Waals surface area contributed by atoms with Gasteiger partial charge in [0.25, 0.3) is 5.91 Å². The van der Waals surface area contributed by atoms with Crippen LogP contribution in [0.25, 0.3) is 0 Å². The molecule has 0 bridgehead atoms. The number of hydrogen-bond acceptors (Lipinski definition) is 2. The highest BCUT2D eigenvalue weighted by molar-refractivity contribution is 9.10. The molecule has 1 saturated carbocycles. The molecule has 0 atom stereocenters. The Kier molecular flexibility index (Phi) is 3.07. The predicted molar refractivity (Wildman–Crippen MR) is 61.2 cm³/mol. The van der Waals surface area contributed by atoms with Crippen molar-refractivity contribution in [3.8, 4) is 0 Å². The summed E-state index contributed by atoms with van der Waals surface area (Å²) in [6.45, 7) is 0. The first-order chi connectivity index (χ1) is 7.15. The van der Waals surface area contributed by atoms with E-state index in [2.05, 4.69) is 21.2 Å². The zero-order valence-electron chi connectivity index (χ0n) is 8.06. The van der Waals surface area contributed by atoms with Gasteiger partial charge in [-0.05, 0) is 47.3 Å². The van der Waals surface area contributed by atoms with Gasteiger partial charge in [0.2, 0.25) is 0 Å². The van der Waals surface area contributed by atoms with E-state index in [0.29, 0.717) is 16.3 Å². The summed E-state index contributed by atoms with van der Waals surface area (Å²) in [4.78, 5) is 11.7. The van der Waals surface area contributed by atoms with Gasteiger partial charge in [-0.3, -0.25) is 4.79 Å². The van der Waals surface area contributed by atoms with Crippen LogP contribution in [-0.4, -0.2) is 17.3 Å². The van der Waals surface area contributed by atoms with E-state index >= 15 is 0 Å². The number of amides is 1. The SMILES string of the molecule is O=C(NC1(CCl)CCC1)c1ccc(Br)o1. The molecule has 15 heavy (non-hydrogen) atoms. The number of rotatable bonds is 3. The maximum atomic E-state index is 11.7. The average molecular weight is 293 g/mol. The van der Waals surface area contributed by atoms with E-state index in [0.717, 1.165) is 19.3 Å². The summed E-state index contributed by atoms with van der Waals surface area (Å²) < 4.78 is 5.72. The smallest absolute Gasteiger partial charge is 0.287 e. The lowest BCUT2D eigenvalue weighted by Gasteiger charge is -2.40. The minimum absolute atomic E-state index is 0.193. The molecular weight excluding hydrogens is 281 g/mol. The van der Waals surface area contributed by atoms with Gasteiger partial charge in [0, 0.05) is 5.88 Å². The van der Waals surface area contributed by atoms with Crippen molar-refractivity contribution in [3.05, 3.63) is 22.6 Å². The second kappa shape index (κ2) is 4.18. The average Bonchev–Trinajstić information content (AvgIpc) is 2.58. The summed E-state index contributed by atoms with van der Waals surface area (Å²) in [5.74, 6) is 0.583. The molecule has 1 aliphatic rings. The second-order valence-electron chi connectivity index (χ2n) is 3.83. The summed E-state index contributed by atoms with van der Waals surface area (Å²) in [5.41, 5.74) is -0.210. The molecule has 0 aromatic carbocycles. The molecule has 3 nitrogen and oxygen atoms in total. The molecule has 0 radical (unpaired) electrons. The molecule has 1 aliphatic carbocycles. The van der Waals surface area contributed by atoms with E-state index in [9.17, 15) is 4.79 Å². The largest absolute Gasteiger partial charge is 0.444 e. The first-order valence-corrected chi connectivity index (χ1v) is 6.12. The van der Waals surface area contributed by atoms with Crippen LogP contribution in [0, 0.1) is 0 Å². The highest BCUT2D eigenvalue weighted by Crippen LogP contribution is 2.33. The van der Waals surface area contributed by atoms with Crippen LogP contribution in [0.4, 0.5) is 0 Å². The van der Waals surface area contributed by atoms with Gasteiger partial charge < -0.3 is 9.73 Å². The third kappa shape index (κ3) is 2.21. The van der Waals surface area contributed by atoms with Crippen LogP contribution in [-0.2, 0) is 0 Å². The Morgan fingerprint density at radius 1 is 1.60 bits per heavy atom. The van der Waals surface area contributed by atoms with Crippen molar-refractivity contribution in [2.75, 3.05) is 5.88 Å². The van der Waals surface area contributed by atoms with Gasteiger partial charge in [0.1, 0.15) is 0 Å². The van der Waals surface area contributed by atoms with Gasteiger partial charge in [-0.1, -0.05) is 0 Å². The fraction of sp³-hybridized carbons (Fsp3) is 0.500. The Morgan fingerprint density at radius 3 is 2.73 bits per heavy atom. The summed E-state index contributed by atoms with van der Waals surface area (Å²) in [5, 5.41) is 2.92. The number of halogens is 2. The Hall–Kier alpha value is -0.480. The first kappa shape index (κ1) is 11.0. The van der Waals surface area contributed by atoms with Crippen molar-refractivity contribution in [1.29, 1.82) is 0 Å². The van der Waals surface area contributed by atoms with Crippen LogP contribution in [0.2, 0.25) is 0 Å². The minimum atomic E-state index is -0.210. The third-order valence-corrected chi connectivity index (χ3v) is 3.68. The van der Waals surface area contributed by atoms with Crippen LogP contribution < -0.4 is 5.32 Å². The molecule has 0 saturated heterocycles. The van der Waals surface area contributed by atoms with E-state index in [1.165, 1.54) is 0 Å². The second-order valence-corrected chi connectivity index (χ2v) is 4.87. The molecule has 1 N–H and O–H groups in total. The van der Waals surface area contributed by atoms with Crippen LogP contribution in [0.15, 0.2) is 21.2 Å². The molecule has 1 aromatic rings. The Morgan fingerprint density at radius 2 is 2.33 bits per heavy atom. The van der Waals surface area contributed by atoms with Crippen molar-refractivity contribution < 1.29 is 9.21 Å². The molecule has 1 amide bonds. The van der Waals surface area contributed by atoms with Crippen molar-refractivity contribution in [1.82, 2.24) is 5.32 Å². The van der Waals surface area contributed by atoms with Gasteiger partial charge in [-0.15, -0.1) is 11.6 Å². The molecule has 0 aliphatic heterocycles. The molecule has 82 valence electrons. The molecule has 2 rings (SSSR count). The van der Waals surface area contributed by atoms with Gasteiger partial charge in [-0.2, -0.15) is 0 Å². The number of carbonyl (C=O) groups excluding carboxylic acids is 1. The summed E-state index contributed by atoms with van der Waals surface area (Å²) in [6, 6.07) is 3.34. The topological polar surface area (TPSA) is 42.2 Å². The molecular formula is C10H11BrClNO2. The predicted octanol–water partition coefficient (Wildman–Crippen LogP) is 2.93. The Labute approximate surface area is 101 Å². The fourth-order valence-electron chi connectivity index (χ4n) is 1.63. The number of carbonyl (C=O) groups is 1. The third-order valence-electron chi connectivity index (χ3n) is 2.74. The number of alkyl halides is 1. The van der Waals surface area contributed by atoms with Crippen LogP contribution in [0.3, 0.4) is 0 Å². The van der Waals surface area contributed by atoms with Crippen LogP contribution >= 0.6 is 27.5 Å². The number of furan rings is 1. The van der Waals surface area contributed by atoms with Crippen LogP contribution in [0.1, 0.15) is 29.8 Å². The highest BCUT2D eigenvalue weighted by atomic mass is 79.9. The minimum Gasteiger partial charge on any atom is -0.444 e. The normalized spacial score (nSPS) is 18.3. The molecule has 0 unspecified atom stereocenters. The Bertz CT molecular complexity index is 368. The number of nitrogens with one attached hydrogen (secondary N) is 1. The van der Waals surface area contributed by atoms with E-state index in [1.54, 1.807) is 12.1 Å².